The van der Waals surface area contributed by atoms with Gasteiger partial charge in [0.15, 0.2) is 5.54 Å². The molecule has 0 aliphatic carbocycles. The molecule has 0 aliphatic heterocycles. The molecule has 0 bridgehead atoms. The molecule has 0 fully saturated rings. The zero-order valence-electron chi connectivity index (χ0n) is 25.4. The number of aliphatic carboxylic acids is 2. The molecule has 7 nitrogen and oxygen atoms in total. The van der Waals surface area contributed by atoms with Gasteiger partial charge in [0.05, 0.1) is 5.92 Å². The molecule has 0 aromatic carbocycles. The smallest absolute Gasteiger partial charge is 0.330 e. The van der Waals surface area contributed by atoms with Crippen LogP contribution in [-0.4, -0.2) is 70.6 Å². The van der Waals surface area contributed by atoms with E-state index in [9.17, 15) is 24.6 Å². The van der Waals surface area contributed by atoms with Crippen LogP contribution in [0.5, 0.6) is 0 Å². The lowest BCUT2D eigenvalue weighted by Crippen LogP contribution is -2.63. The summed E-state index contributed by atoms with van der Waals surface area (Å²) in [6, 6.07) is 0. The normalized spacial score (nSPS) is 13.8. The molecule has 2 atom stereocenters. The van der Waals surface area contributed by atoms with Gasteiger partial charge in [-0.1, -0.05) is 117 Å². The minimum absolute atomic E-state index is 0.187. The van der Waals surface area contributed by atoms with Crippen LogP contribution in [0.15, 0.2) is 0 Å². The zero-order valence-corrected chi connectivity index (χ0v) is 25.4. The first kappa shape index (κ1) is 36.4. The number of hydrogen-bond acceptors (Lipinski definition) is 4. The van der Waals surface area contributed by atoms with Crippen molar-refractivity contribution in [3.05, 3.63) is 0 Å². The third kappa shape index (κ3) is 14.5. The first-order valence-electron chi connectivity index (χ1n) is 15.5. The average molecular weight is 541 g/mol. The van der Waals surface area contributed by atoms with E-state index in [1.54, 1.807) is 0 Å². The Labute approximate surface area is 233 Å². The van der Waals surface area contributed by atoms with E-state index in [2.05, 4.69) is 13.8 Å². The molecule has 0 spiro atoms. The van der Waals surface area contributed by atoms with Crippen LogP contribution in [0.25, 0.3) is 0 Å². The molecule has 1 unspecified atom stereocenters. The first-order valence-corrected chi connectivity index (χ1v) is 15.5. The van der Waals surface area contributed by atoms with Gasteiger partial charge in [0.25, 0.3) is 0 Å². The summed E-state index contributed by atoms with van der Waals surface area (Å²) in [6.07, 6.45) is 18.1. The highest BCUT2D eigenvalue weighted by Crippen LogP contribution is 2.36. The van der Waals surface area contributed by atoms with E-state index in [-0.39, 0.29) is 25.3 Å². The molecular formula is C31H60N2O5. The molecule has 1 amide bonds. The van der Waals surface area contributed by atoms with Crippen molar-refractivity contribution < 1.29 is 24.6 Å². The Morgan fingerprint density at radius 1 is 0.658 bits per heavy atom. The van der Waals surface area contributed by atoms with Crippen LogP contribution >= 0.6 is 0 Å². The molecule has 0 aliphatic rings. The average Bonchev–Trinajstić information content (AvgIpc) is 2.85. The summed E-state index contributed by atoms with van der Waals surface area (Å²) < 4.78 is 0. The van der Waals surface area contributed by atoms with E-state index >= 15 is 0 Å². The molecule has 2 N–H and O–H groups in total. The fraction of sp³-hybridized carbons (Fsp3) is 0.903. The second-order valence-corrected chi connectivity index (χ2v) is 11.4. The number of carboxylic acids is 2. The van der Waals surface area contributed by atoms with E-state index in [4.69, 9.17) is 0 Å². The van der Waals surface area contributed by atoms with Gasteiger partial charge in [-0.05, 0) is 39.9 Å². The Morgan fingerprint density at radius 3 is 1.50 bits per heavy atom. The maximum atomic E-state index is 13.0. The third-order valence-electron chi connectivity index (χ3n) is 7.85. The maximum absolute atomic E-state index is 13.0. The van der Waals surface area contributed by atoms with Crippen molar-refractivity contribution >= 4 is 17.8 Å². The highest BCUT2D eigenvalue weighted by molar-refractivity contribution is 5.91. The summed E-state index contributed by atoms with van der Waals surface area (Å²) in [6.45, 7) is 6.72. The quantitative estimate of drug-likeness (QED) is 0.111. The monoisotopic (exact) mass is 540 g/mol. The predicted octanol–water partition coefficient (Wildman–Crippen LogP) is 7.37. The Bertz CT molecular complexity index is 640. The standard InChI is InChI=1S/C31H60N2O5/c1-6-8-10-12-14-16-18-20-23-28(29(35)36)31(30(37)38,24-21-19-17-15-13-11-9-7-2)33(27(3)34)26-22-25-32(4)5/h28H,6-26H2,1-5H3,(H,35,36)(H,37,38)/t28?,31-/m0/s1. The molecule has 0 saturated heterocycles. The van der Waals surface area contributed by atoms with Gasteiger partial charge >= 0.3 is 11.9 Å². The fourth-order valence-corrected chi connectivity index (χ4v) is 5.63. The lowest BCUT2D eigenvalue weighted by Gasteiger charge is -2.44. The van der Waals surface area contributed by atoms with Crippen LogP contribution in [0.1, 0.15) is 143 Å². The van der Waals surface area contributed by atoms with Crippen LogP contribution in [0.4, 0.5) is 0 Å². The predicted molar refractivity (Wildman–Crippen MR) is 157 cm³/mol. The summed E-state index contributed by atoms with van der Waals surface area (Å²) in [7, 11) is 3.87. The van der Waals surface area contributed by atoms with Crippen molar-refractivity contribution in [2.24, 2.45) is 5.92 Å². The van der Waals surface area contributed by atoms with E-state index in [0.29, 0.717) is 25.8 Å². The topological polar surface area (TPSA) is 98.1 Å². The zero-order chi connectivity index (χ0) is 28.8. The molecule has 0 rings (SSSR count). The molecule has 0 aromatic rings. The second kappa shape index (κ2) is 22.2. The number of hydrogen-bond donors (Lipinski definition) is 2. The maximum Gasteiger partial charge on any atom is 0.330 e. The number of carbonyl (C=O) groups is 3. The molecule has 0 aromatic heterocycles. The van der Waals surface area contributed by atoms with Crippen LogP contribution in [0, 0.1) is 5.92 Å². The summed E-state index contributed by atoms with van der Waals surface area (Å²) in [5.41, 5.74) is -1.71. The van der Waals surface area contributed by atoms with Crippen molar-refractivity contribution in [3.63, 3.8) is 0 Å². The molecule has 224 valence electrons. The van der Waals surface area contributed by atoms with Crippen LogP contribution in [0.3, 0.4) is 0 Å². The van der Waals surface area contributed by atoms with Crippen molar-refractivity contribution in [1.82, 2.24) is 9.80 Å². The minimum Gasteiger partial charge on any atom is -0.481 e. The fourth-order valence-electron chi connectivity index (χ4n) is 5.63. The number of unbranched alkanes of at least 4 members (excludes halogenated alkanes) is 14. The molecule has 0 radical (unpaired) electrons. The van der Waals surface area contributed by atoms with Gasteiger partial charge in [-0.2, -0.15) is 0 Å². The molecular weight excluding hydrogens is 480 g/mol. The van der Waals surface area contributed by atoms with Gasteiger partial charge in [0, 0.05) is 13.5 Å². The Balaban J connectivity index is 5.60. The summed E-state index contributed by atoms with van der Waals surface area (Å²) in [5.74, 6) is -3.75. The second-order valence-electron chi connectivity index (χ2n) is 11.4. The number of rotatable bonds is 26. The summed E-state index contributed by atoms with van der Waals surface area (Å²) in [4.78, 5) is 41.9. The van der Waals surface area contributed by atoms with Crippen molar-refractivity contribution in [2.75, 3.05) is 27.2 Å². The Hall–Kier alpha value is -1.63. The van der Waals surface area contributed by atoms with Gasteiger partial charge in [0.2, 0.25) is 5.91 Å². The van der Waals surface area contributed by atoms with Crippen LogP contribution < -0.4 is 0 Å². The van der Waals surface area contributed by atoms with Gasteiger partial charge in [-0.3, -0.25) is 9.59 Å². The van der Waals surface area contributed by atoms with Crippen molar-refractivity contribution in [3.8, 4) is 0 Å². The molecule has 0 saturated carbocycles. The highest BCUT2D eigenvalue weighted by atomic mass is 16.4. The van der Waals surface area contributed by atoms with E-state index in [1.807, 2.05) is 19.0 Å². The number of carbonyl (C=O) groups excluding carboxylic acids is 1. The van der Waals surface area contributed by atoms with Crippen LogP contribution in [-0.2, 0) is 14.4 Å². The van der Waals surface area contributed by atoms with Crippen molar-refractivity contribution in [1.29, 1.82) is 0 Å². The van der Waals surface area contributed by atoms with Gasteiger partial charge in [-0.15, -0.1) is 0 Å². The number of amides is 1. The number of carboxylic acid groups (broad SMARTS) is 2. The lowest BCUT2D eigenvalue weighted by molar-refractivity contribution is -0.172. The molecule has 7 heteroatoms. The number of nitrogens with zero attached hydrogens (tertiary/aromatic N) is 2. The highest BCUT2D eigenvalue weighted by Gasteiger charge is 2.54. The van der Waals surface area contributed by atoms with E-state index < -0.39 is 23.4 Å². The summed E-state index contributed by atoms with van der Waals surface area (Å²) >= 11 is 0. The first-order chi connectivity index (χ1) is 18.1. The van der Waals surface area contributed by atoms with Crippen molar-refractivity contribution in [2.45, 2.75) is 148 Å². The van der Waals surface area contributed by atoms with Gasteiger partial charge in [-0.25, -0.2) is 4.79 Å². The van der Waals surface area contributed by atoms with Gasteiger partial charge < -0.3 is 20.0 Å². The molecule has 38 heavy (non-hydrogen) atoms. The lowest BCUT2D eigenvalue weighted by atomic mass is 9.75. The van der Waals surface area contributed by atoms with E-state index in [0.717, 1.165) is 38.5 Å². The van der Waals surface area contributed by atoms with Crippen LogP contribution in [0.2, 0.25) is 0 Å². The minimum atomic E-state index is -1.71. The Morgan fingerprint density at radius 2 is 1.11 bits per heavy atom. The Kier molecular flexibility index (Phi) is 21.3. The summed E-state index contributed by atoms with van der Waals surface area (Å²) in [5, 5.41) is 20.9. The largest absolute Gasteiger partial charge is 0.481 e. The molecule has 0 heterocycles. The third-order valence-corrected chi connectivity index (χ3v) is 7.85. The van der Waals surface area contributed by atoms with E-state index in [1.165, 1.54) is 63.2 Å². The SMILES string of the molecule is CCCCCCCCCCC(C(=O)O)[C@@](CCCCCCCCCC)(C(=O)O)N(CCCN(C)C)C(C)=O. The van der Waals surface area contributed by atoms with Gasteiger partial charge in [0.1, 0.15) is 0 Å².